The van der Waals surface area contributed by atoms with Crippen molar-refractivity contribution >= 4 is 0 Å². The van der Waals surface area contributed by atoms with Gasteiger partial charge in [-0.2, -0.15) is 0 Å². The van der Waals surface area contributed by atoms with E-state index in [4.69, 9.17) is 10.5 Å². The Labute approximate surface area is 134 Å². The highest BCUT2D eigenvalue weighted by atomic mass is 16.5. The van der Waals surface area contributed by atoms with Crippen molar-refractivity contribution in [3.05, 3.63) is 67.3 Å². The summed E-state index contributed by atoms with van der Waals surface area (Å²) in [5.41, 5.74) is 8.41. The second-order valence-corrected chi connectivity index (χ2v) is 5.79. The van der Waals surface area contributed by atoms with Gasteiger partial charge >= 0.3 is 0 Å². The van der Waals surface area contributed by atoms with Gasteiger partial charge in [0.2, 0.25) is 0 Å². The standard InChI is InChI=1S/C19H28N2O/c1-6-12-21(13-7-2)15-19(20,14-16(3)4)17-8-10-18(22-5)11-9-17/h6-11H,1-3,12-15,20H2,4-5H3. The van der Waals surface area contributed by atoms with Crippen molar-refractivity contribution < 1.29 is 4.74 Å². The van der Waals surface area contributed by atoms with E-state index >= 15 is 0 Å². The van der Waals surface area contributed by atoms with E-state index in [-0.39, 0.29) is 0 Å². The Hall–Kier alpha value is -1.84. The molecule has 0 amide bonds. The van der Waals surface area contributed by atoms with E-state index in [2.05, 4.69) is 24.6 Å². The van der Waals surface area contributed by atoms with Gasteiger partial charge in [-0.3, -0.25) is 4.90 Å². The Balaban J connectivity index is 3.07. The number of ether oxygens (including phenoxy) is 1. The first-order chi connectivity index (χ1) is 10.4. The minimum atomic E-state index is -0.496. The molecule has 22 heavy (non-hydrogen) atoms. The van der Waals surface area contributed by atoms with Gasteiger partial charge in [-0.1, -0.05) is 29.9 Å². The zero-order valence-electron chi connectivity index (χ0n) is 13.8. The quantitative estimate of drug-likeness (QED) is 0.672. The van der Waals surface area contributed by atoms with Gasteiger partial charge in [0.25, 0.3) is 0 Å². The molecule has 0 aliphatic heterocycles. The van der Waals surface area contributed by atoms with Gasteiger partial charge < -0.3 is 10.5 Å². The number of benzene rings is 1. The highest BCUT2D eigenvalue weighted by Crippen LogP contribution is 2.28. The molecule has 0 radical (unpaired) electrons. The van der Waals surface area contributed by atoms with Crippen LogP contribution in [0.1, 0.15) is 18.9 Å². The molecular weight excluding hydrogens is 272 g/mol. The summed E-state index contributed by atoms with van der Waals surface area (Å²) in [6.45, 7) is 15.9. The molecule has 1 aromatic carbocycles. The van der Waals surface area contributed by atoms with E-state index in [1.54, 1.807) is 7.11 Å². The van der Waals surface area contributed by atoms with Crippen LogP contribution in [0, 0.1) is 0 Å². The van der Waals surface area contributed by atoms with Gasteiger partial charge in [-0.15, -0.1) is 19.7 Å². The van der Waals surface area contributed by atoms with Gasteiger partial charge in [0.05, 0.1) is 12.6 Å². The summed E-state index contributed by atoms with van der Waals surface area (Å²) in [5.74, 6) is 0.829. The van der Waals surface area contributed by atoms with Crippen LogP contribution in [0.5, 0.6) is 5.75 Å². The van der Waals surface area contributed by atoms with Crippen LogP contribution in [0.25, 0.3) is 0 Å². The minimum absolute atomic E-state index is 0.496. The maximum absolute atomic E-state index is 6.76. The normalized spacial score (nSPS) is 13.5. The van der Waals surface area contributed by atoms with Crippen LogP contribution in [-0.2, 0) is 5.54 Å². The van der Waals surface area contributed by atoms with Gasteiger partial charge in [0.1, 0.15) is 5.75 Å². The van der Waals surface area contributed by atoms with E-state index in [1.807, 2.05) is 43.3 Å². The first kappa shape index (κ1) is 18.2. The van der Waals surface area contributed by atoms with Crippen LogP contribution in [0.15, 0.2) is 61.7 Å². The SMILES string of the molecule is C=CCN(CC=C)CC(N)(CC(=C)C)c1ccc(OC)cc1. The van der Waals surface area contributed by atoms with Crippen molar-refractivity contribution in [3.8, 4) is 5.75 Å². The molecule has 3 heteroatoms. The molecule has 0 aromatic heterocycles. The van der Waals surface area contributed by atoms with Gasteiger partial charge in [0, 0.05) is 19.6 Å². The van der Waals surface area contributed by atoms with Crippen molar-refractivity contribution in [2.24, 2.45) is 5.73 Å². The molecule has 0 spiro atoms. The lowest BCUT2D eigenvalue weighted by Gasteiger charge is -2.35. The third kappa shape index (κ3) is 5.17. The third-order valence-corrected chi connectivity index (χ3v) is 3.56. The van der Waals surface area contributed by atoms with Crippen LogP contribution in [0.2, 0.25) is 0 Å². The summed E-state index contributed by atoms with van der Waals surface area (Å²) in [6.07, 6.45) is 4.50. The topological polar surface area (TPSA) is 38.5 Å². The number of methoxy groups -OCH3 is 1. The fraction of sp³-hybridized carbons (Fsp3) is 0.368. The molecule has 1 rings (SSSR count). The lowest BCUT2D eigenvalue weighted by atomic mass is 9.84. The summed E-state index contributed by atoms with van der Waals surface area (Å²) in [7, 11) is 1.66. The molecule has 1 unspecified atom stereocenters. The maximum Gasteiger partial charge on any atom is 0.118 e. The van der Waals surface area contributed by atoms with Gasteiger partial charge in [-0.25, -0.2) is 0 Å². The molecule has 0 aliphatic carbocycles. The number of rotatable bonds is 10. The monoisotopic (exact) mass is 300 g/mol. The van der Waals surface area contributed by atoms with E-state index in [1.165, 1.54) is 0 Å². The smallest absolute Gasteiger partial charge is 0.118 e. The molecular formula is C19H28N2O. The maximum atomic E-state index is 6.76. The van der Waals surface area contributed by atoms with E-state index in [0.29, 0.717) is 6.54 Å². The highest BCUT2D eigenvalue weighted by molar-refractivity contribution is 5.33. The Bertz CT molecular complexity index is 497. The van der Waals surface area contributed by atoms with E-state index in [9.17, 15) is 0 Å². The predicted octanol–water partition coefficient (Wildman–Crippen LogP) is 3.49. The van der Waals surface area contributed by atoms with Crippen LogP contribution in [-0.4, -0.2) is 31.6 Å². The Morgan fingerprint density at radius 1 is 1.23 bits per heavy atom. The van der Waals surface area contributed by atoms with Crippen LogP contribution >= 0.6 is 0 Å². The zero-order chi connectivity index (χ0) is 16.6. The number of nitrogens with two attached hydrogens (primary N) is 1. The minimum Gasteiger partial charge on any atom is -0.497 e. The molecule has 120 valence electrons. The molecule has 0 fully saturated rings. The van der Waals surface area contributed by atoms with Crippen LogP contribution < -0.4 is 10.5 Å². The number of hydrogen-bond acceptors (Lipinski definition) is 3. The van der Waals surface area contributed by atoms with Crippen molar-refractivity contribution in [2.45, 2.75) is 18.9 Å². The van der Waals surface area contributed by atoms with Crippen LogP contribution in [0.4, 0.5) is 0 Å². The van der Waals surface area contributed by atoms with Gasteiger partial charge in [0.15, 0.2) is 0 Å². The predicted molar refractivity (Wildman–Crippen MR) is 95.1 cm³/mol. The fourth-order valence-corrected chi connectivity index (χ4v) is 2.68. The second-order valence-electron chi connectivity index (χ2n) is 5.79. The first-order valence-corrected chi connectivity index (χ1v) is 7.47. The molecule has 1 atom stereocenters. The third-order valence-electron chi connectivity index (χ3n) is 3.56. The molecule has 0 saturated heterocycles. The largest absolute Gasteiger partial charge is 0.497 e. The first-order valence-electron chi connectivity index (χ1n) is 7.47. The molecule has 0 bridgehead atoms. The average Bonchev–Trinajstić information content (AvgIpc) is 2.47. The Morgan fingerprint density at radius 3 is 2.18 bits per heavy atom. The summed E-state index contributed by atoms with van der Waals surface area (Å²) < 4.78 is 5.23. The lowest BCUT2D eigenvalue weighted by Crippen LogP contribution is -2.48. The van der Waals surface area contributed by atoms with Crippen molar-refractivity contribution in [1.82, 2.24) is 4.90 Å². The Morgan fingerprint density at radius 2 is 1.77 bits per heavy atom. The fourth-order valence-electron chi connectivity index (χ4n) is 2.68. The van der Waals surface area contributed by atoms with Crippen molar-refractivity contribution in [1.29, 1.82) is 0 Å². The molecule has 3 nitrogen and oxygen atoms in total. The summed E-state index contributed by atoms with van der Waals surface area (Å²) in [4.78, 5) is 2.23. The molecule has 1 aromatic rings. The van der Waals surface area contributed by atoms with Crippen molar-refractivity contribution in [3.63, 3.8) is 0 Å². The summed E-state index contributed by atoms with van der Waals surface area (Å²) in [5, 5.41) is 0. The average molecular weight is 300 g/mol. The number of nitrogens with zero attached hydrogens (tertiary/aromatic N) is 1. The molecule has 0 saturated carbocycles. The lowest BCUT2D eigenvalue weighted by molar-refractivity contribution is 0.243. The molecule has 0 heterocycles. The molecule has 2 N–H and O–H groups in total. The number of hydrogen-bond donors (Lipinski definition) is 1. The second kappa shape index (κ2) is 8.57. The Kier molecular flexibility index (Phi) is 7.09. The summed E-state index contributed by atoms with van der Waals surface area (Å²) in [6, 6.07) is 7.95. The zero-order valence-corrected chi connectivity index (χ0v) is 13.8. The van der Waals surface area contributed by atoms with Gasteiger partial charge in [-0.05, 0) is 31.0 Å². The van der Waals surface area contributed by atoms with E-state index < -0.39 is 5.54 Å². The van der Waals surface area contributed by atoms with Crippen LogP contribution in [0.3, 0.4) is 0 Å². The van der Waals surface area contributed by atoms with E-state index in [0.717, 1.165) is 36.4 Å². The summed E-state index contributed by atoms with van der Waals surface area (Å²) >= 11 is 0. The molecule has 0 aliphatic rings. The van der Waals surface area contributed by atoms with Crippen molar-refractivity contribution in [2.75, 3.05) is 26.7 Å². The highest BCUT2D eigenvalue weighted by Gasteiger charge is 2.29.